The average Bonchev–Trinajstić information content (AvgIpc) is 3.16. The zero-order chi connectivity index (χ0) is 14.9. The molecule has 0 aromatic heterocycles. The van der Waals surface area contributed by atoms with E-state index < -0.39 is 0 Å². The van der Waals surface area contributed by atoms with Gasteiger partial charge < -0.3 is 0 Å². The third-order valence-electron chi connectivity index (χ3n) is 5.40. The van der Waals surface area contributed by atoms with Crippen LogP contribution in [0.5, 0.6) is 0 Å². The van der Waals surface area contributed by atoms with Crippen molar-refractivity contribution in [2.24, 2.45) is 0 Å². The molecule has 0 N–H and O–H groups in total. The van der Waals surface area contributed by atoms with E-state index in [1.807, 2.05) is 0 Å². The lowest BCUT2D eigenvalue weighted by atomic mass is 9.99. The second kappa shape index (κ2) is 5.12. The first kappa shape index (κ1) is 16.2. The number of thioether (sulfide) groups is 5. The number of hydrogen-bond donors (Lipinski definition) is 0. The molecule has 4 rings (SSSR count). The monoisotopic (exact) mass is 378 g/mol. The van der Waals surface area contributed by atoms with Crippen molar-refractivity contribution in [3.8, 4) is 0 Å². The Labute approximate surface area is 151 Å². The third kappa shape index (κ3) is 3.72. The summed E-state index contributed by atoms with van der Waals surface area (Å²) in [6.07, 6.45) is 2.87. The Hall–Kier alpha value is 1.75. The minimum Gasteiger partial charge on any atom is -0.153 e. The molecule has 4 heterocycles. The van der Waals surface area contributed by atoms with Gasteiger partial charge in [-0.15, -0.1) is 0 Å². The van der Waals surface area contributed by atoms with E-state index >= 15 is 0 Å². The van der Waals surface area contributed by atoms with Crippen molar-refractivity contribution in [2.75, 3.05) is 23.0 Å². The Morgan fingerprint density at radius 1 is 0.714 bits per heavy atom. The molecule has 0 nitrogen and oxygen atoms in total. The fraction of sp³-hybridized carbons (Fsp3) is 1.00. The van der Waals surface area contributed by atoms with Crippen LogP contribution in [0.4, 0.5) is 0 Å². The molecule has 0 saturated carbocycles. The van der Waals surface area contributed by atoms with Gasteiger partial charge in [0.15, 0.2) is 0 Å². The van der Waals surface area contributed by atoms with E-state index in [1.165, 1.54) is 35.9 Å². The zero-order valence-corrected chi connectivity index (χ0v) is 17.5. The molecule has 4 aliphatic heterocycles. The van der Waals surface area contributed by atoms with Crippen LogP contribution in [0.25, 0.3) is 0 Å². The molecule has 6 unspecified atom stereocenters. The maximum atomic E-state index is 2.53. The Kier molecular flexibility index (Phi) is 3.96. The molecule has 6 atom stereocenters. The van der Waals surface area contributed by atoms with Gasteiger partial charge in [0.1, 0.15) is 0 Å². The maximum absolute atomic E-state index is 2.53. The molecule has 0 spiro atoms. The smallest absolute Gasteiger partial charge is 0.0342 e. The Bertz CT molecular complexity index is 392. The van der Waals surface area contributed by atoms with E-state index in [9.17, 15) is 0 Å². The quantitative estimate of drug-likeness (QED) is 0.527. The third-order valence-corrected chi connectivity index (χ3v) is 13.6. The summed E-state index contributed by atoms with van der Waals surface area (Å²) in [6.45, 7) is 10.0. The molecular weight excluding hydrogens is 353 g/mol. The van der Waals surface area contributed by atoms with Crippen LogP contribution in [0, 0.1) is 0 Å². The number of hydrogen-bond acceptors (Lipinski definition) is 5. The van der Waals surface area contributed by atoms with Crippen LogP contribution in [-0.4, -0.2) is 52.5 Å². The highest BCUT2D eigenvalue weighted by atomic mass is 32.2. The Balaban J connectivity index is 1.46. The molecule has 0 radical (unpaired) electrons. The molecule has 0 amide bonds. The van der Waals surface area contributed by atoms with Gasteiger partial charge in [-0.3, -0.25) is 0 Å². The van der Waals surface area contributed by atoms with Crippen LogP contribution >= 0.6 is 58.8 Å². The van der Waals surface area contributed by atoms with Gasteiger partial charge in [-0.05, 0) is 40.5 Å². The SMILES string of the molecule is CC1(CC(SC(CC2(C)CS2)C2(C)CS2)C2(C)CS2)CS1. The summed E-state index contributed by atoms with van der Waals surface area (Å²) in [4.78, 5) is 0. The second-order valence-electron chi connectivity index (χ2n) is 8.20. The second-order valence-corrected chi connectivity index (χ2v) is 15.8. The minimum absolute atomic E-state index is 0.586. The highest BCUT2D eigenvalue weighted by Gasteiger charge is 2.57. The molecule has 4 fully saturated rings. The van der Waals surface area contributed by atoms with Crippen LogP contribution in [0.1, 0.15) is 40.5 Å². The van der Waals surface area contributed by atoms with Gasteiger partial charge in [-0.2, -0.15) is 58.8 Å². The Morgan fingerprint density at radius 2 is 1.05 bits per heavy atom. The van der Waals surface area contributed by atoms with E-state index in [-0.39, 0.29) is 0 Å². The van der Waals surface area contributed by atoms with Crippen molar-refractivity contribution in [3.63, 3.8) is 0 Å². The van der Waals surface area contributed by atoms with Crippen LogP contribution in [0.15, 0.2) is 0 Å². The molecule has 4 saturated heterocycles. The predicted molar refractivity (Wildman–Crippen MR) is 108 cm³/mol. The molecule has 5 heteroatoms. The van der Waals surface area contributed by atoms with Crippen LogP contribution in [0.2, 0.25) is 0 Å². The normalized spacial score (nSPS) is 53.1. The molecule has 4 aliphatic rings. The summed E-state index contributed by atoms with van der Waals surface area (Å²) in [5.74, 6) is 5.59. The molecular formula is C16H26S5. The van der Waals surface area contributed by atoms with Crippen LogP contribution in [-0.2, 0) is 0 Å². The summed E-state index contributed by atoms with van der Waals surface area (Å²) < 4.78 is 2.40. The van der Waals surface area contributed by atoms with E-state index in [1.54, 1.807) is 0 Å². The largest absolute Gasteiger partial charge is 0.153 e. The van der Waals surface area contributed by atoms with Crippen molar-refractivity contribution in [3.05, 3.63) is 0 Å². The summed E-state index contributed by atoms with van der Waals surface area (Å²) >= 11 is 11.2. The highest BCUT2D eigenvalue weighted by Crippen LogP contribution is 2.63. The van der Waals surface area contributed by atoms with Gasteiger partial charge in [-0.1, -0.05) is 0 Å². The maximum Gasteiger partial charge on any atom is 0.0342 e. The average molecular weight is 379 g/mol. The summed E-state index contributed by atoms with van der Waals surface area (Å²) in [7, 11) is 0. The van der Waals surface area contributed by atoms with E-state index in [0.29, 0.717) is 19.0 Å². The van der Waals surface area contributed by atoms with Crippen LogP contribution < -0.4 is 0 Å². The van der Waals surface area contributed by atoms with Gasteiger partial charge in [0, 0.05) is 52.5 Å². The van der Waals surface area contributed by atoms with E-state index in [0.717, 1.165) is 10.5 Å². The lowest BCUT2D eigenvalue weighted by molar-refractivity contribution is 0.584. The molecule has 0 aliphatic carbocycles. The van der Waals surface area contributed by atoms with Crippen molar-refractivity contribution < 1.29 is 0 Å². The highest BCUT2D eigenvalue weighted by molar-refractivity contribution is 8.12. The molecule has 0 aromatic rings. The van der Waals surface area contributed by atoms with Crippen molar-refractivity contribution >= 4 is 58.8 Å². The van der Waals surface area contributed by atoms with Gasteiger partial charge in [-0.25, -0.2) is 0 Å². The molecule has 0 aromatic carbocycles. The van der Waals surface area contributed by atoms with Gasteiger partial charge in [0.25, 0.3) is 0 Å². The van der Waals surface area contributed by atoms with Crippen molar-refractivity contribution in [1.82, 2.24) is 0 Å². The summed E-state index contributed by atoms with van der Waals surface area (Å²) in [5, 5.41) is 1.75. The van der Waals surface area contributed by atoms with Gasteiger partial charge in [0.05, 0.1) is 0 Å². The molecule has 0 bridgehead atoms. The first-order valence-corrected chi connectivity index (χ1v) is 12.8. The predicted octanol–water partition coefficient (Wildman–Crippen LogP) is 5.26. The Morgan fingerprint density at radius 3 is 1.29 bits per heavy atom. The molecule has 120 valence electrons. The van der Waals surface area contributed by atoms with E-state index in [4.69, 9.17) is 0 Å². The zero-order valence-electron chi connectivity index (χ0n) is 13.4. The first-order valence-electron chi connectivity index (χ1n) is 7.96. The topological polar surface area (TPSA) is 0 Å². The first-order chi connectivity index (χ1) is 9.75. The lowest BCUT2D eigenvalue weighted by Gasteiger charge is -2.32. The number of rotatable bonds is 8. The van der Waals surface area contributed by atoms with Crippen molar-refractivity contribution in [2.45, 2.75) is 70.0 Å². The summed E-state index contributed by atoms with van der Waals surface area (Å²) in [6, 6.07) is 0. The van der Waals surface area contributed by atoms with Crippen molar-refractivity contribution in [1.29, 1.82) is 0 Å². The van der Waals surface area contributed by atoms with Crippen LogP contribution in [0.3, 0.4) is 0 Å². The minimum atomic E-state index is 0.586. The van der Waals surface area contributed by atoms with E-state index in [2.05, 4.69) is 86.5 Å². The summed E-state index contributed by atoms with van der Waals surface area (Å²) in [5.41, 5.74) is 0. The standard InChI is InChI=1S/C16H26S5/c1-13(7-17-13)5-11(15(3)9-19-15)21-12(16(4)10-20-16)6-14(2)8-18-14/h11-12H,5-10H2,1-4H3. The fourth-order valence-corrected chi connectivity index (χ4v) is 8.80. The van der Waals surface area contributed by atoms with Gasteiger partial charge in [0.2, 0.25) is 0 Å². The fourth-order valence-electron chi connectivity index (χ4n) is 2.88. The lowest BCUT2D eigenvalue weighted by Crippen LogP contribution is -2.35. The molecule has 21 heavy (non-hydrogen) atoms. The van der Waals surface area contributed by atoms with Gasteiger partial charge >= 0.3 is 0 Å².